The number of rotatable bonds is 1. The van der Waals surface area contributed by atoms with Gasteiger partial charge in [-0.3, -0.25) is 0 Å². The van der Waals surface area contributed by atoms with Gasteiger partial charge in [-0.05, 0) is 28.1 Å². The lowest BCUT2D eigenvalue weighted by molar-refractivity contribution is 0.277. The van der Waals surface area contributed by atoms with Crippen molar-refractivity contribution in [3.63, 3.8) is 0 Å². The number of aromatic nitrogens is 1. The smallest absolute Gasteiger partial charge is 0.0842 e. The van der Waals surface area contributed by atoms with E-state index in [2.05, 4.69) is 20.9 Å². The number of fused-ring (bicyclic) bond motifs is 1. The second kappa shape index (κ2) is 3.33. The molecule has 1 aromatic heterocycles. The zero-order valence-corrected chi connectivity index (χ0v) is 8.98. The van der Waals surface area contributed by atoms with Gasteiger partial charge in [0, 0.05) is 20.4 Å². The van der Waals surface area contributed by atoms with Crippen LogP contribution in [0.3, 0.4) is 0 Å². The Bertz CT molecular complexity index is 452. The van der Waals surface area contributed by atoms with Gasteiger partial charge in [0.15, 0.2) is 0 Å². The van der Waals surface area contributed by atoms with E-state index in [0.29, 0.717) is 5.02 Å². The molecule has 0 saturated heterocycles. The Morgan fingerprint density at radius 2 is 2.23 bits per heavy atom. The summed E-state index contributed by atoms with van der Waals surface area (Å²) in [5, 5.41) is 10.7. The molecule has 4 heteroatoms. The van der Waals surface area contributed by atoms with E-state index < -0.39 is 0 Å². The summed E-state index contributed by atoms with van der Waals surface area (Å²) in [7, 11) is 0. The third-order valence-corrected chi connectivity index (χ3v) is 3.07. The first-order valence-electron chi connectivity index (χ1n) is 3.79. The van der Waals surface area contributed by atoms with Crippen molar-refractivity contribution in [1.82, 2.24) is 4.98 Å². The Balaban J connectivity index is 2.76. The van der Waals surface area contributed by atoms with Gasteiger partial charge in [0.2, 0.25) is 0 Å². The third-order valence-electron chi connectivity index (χ3n) is 1.93. The van der Waals surface area contributed by atoms with E-state index in [0.717, 1.165) is 21.1 Å². The first-order valence-corrected chi connectivity index (χ1v) is 4.96. The van der Waals surface area contributed by atoms with Crippen LogP contribution in [0.4, 0.5) is 0 Å². The molecule has 2 aromatic rings. The maximum Gasteiger partial charge on any atom is 0.0842 e. The van der Waals surface area contributed by atoms with Crippen molar-refractivity contribution in [2.45, 2.75) is 6.61 Å². The second-order valence-electron chi connectivity index (χ2n) is 2.77. The number of hydrogen-bond acceptors (Lipinski definition) is 1. The van der Waals surface area contributed by atoms with E-state index in [1.54, 1.807) is 0 Å². The normalized spacial score (nSPS) is 11.0. The Morgan fingerprint density at radius 1 is 1.46 bits per heavy atom. The fourth-order valence-electron chi connectivity index (χ4n) is 1.30. The Morgan fingerprint density at radius 3 is 2.92 bits per heavy atom. The van der Waals surface area contributed by atoms with Gasteiger partial charge in [0.25, 0.3) is 0 Å². The van der Waals surface area contributed by atoms with E-state index in [1.807, 2.05) is 18.2 Å². The lowest BCUT2D eigenvalue weighted by Gasteiger charge is -1.90. The lowest BCUT2D eigenvalue weighted by Crippen LogP contribution is -1.81. The van der Waals surface area contributed by atoms with E-state index in [4.69, 9.17) is 16.7 Å². The molecule has 2 N–H and O–H groups in total. The number of aliphatic hydroxyl groups is 1. The van der Waals surface area contributed by atoms with Crippen molar-refractivity contribution in [1.29, 1.82) is 0 Å². The molecule has 0 aliphatic rings. The van der Waals surface area contributed by atoms with Gasteiger partial charge in [-0.25, -0.2) is 0 Å². The highest BCUT2D eigenvalue weighted by molar-refractivity contribution is 9.10. The number of halogens is 2. The Labute approximate surface area is 88.7 Å². The quantitative estimate of drug-likeness (QED) is 0.812. The summed E-state index contributed by atoms with van der Waals surface area (Å²) in [6.45, 7) is -0.00706. The maximum atomic E-state index is 8.99. The molecule has 0 aliphatic heterocycles. The molecule has 0 spiro atoms. The first-order chi connectivity index (χ1) is 6.22. The van der Waals surface area contributed by atoms with Crippen molar-refractivity contribution in [3.8, 4) is 0 Å². The number of hydrogen-bond donors (Lipinski definition) is 2. The Kier molecular flexibility index (Phi) is 2.32. The molecule has 1 aromatic carbocycles. The first kappa shape index (κ1) is 9.06. The van der Waals surface area contributed by atoms with Crippen LogP contribution in [0.5, 0.6) is 0 Å². The van der Waals surface area contributed by atoms with Crippen LogP contribution < -0.4 is 0 Å². The molecule has 1 heterocycles. The summed E-state index contributed by atoms with van der Waals surface area (Å²) >= 11 is 9.23. The van der Waals surface area contributed by atoms with Crippen LogP contribution in [-0.4, -0.2) is 10.1 Å². The van der Waals surface area contributed by atoms with Gasteiger partial charge in [-0.15, -0.1) is 0 Å². The molecule has 0 fully saturated rings. The summed E-state index contributed by atoms with van der Waals surface area (Å²) < 4.78 is 0.904. The number of aromatic amines is 1. The fraction of sp³-hybridized carbons (Fsp3) is 0.111. The van der Waals surface area contributed by atoms with Crippen LogP contribution in [-0.2, 0) is 6.61 Å². The molecular formula is C9H7BrClNO. The summed E-state index contributed by atoms with van der Waals surface area (Å²) in [6, 6.07) is 5.57. The second-order valence-corrected chi connectivity index (χ2v) is 3.99. The van der Waals surface area contributed by atoms with Crippen LogP contribution in [0, 0.1) is 0 Å². The summed E-state index contributed by atoms with van der Waals surface area (Å²) in [4.78, 5) is 3.07. The van der Waals surface area contributed by atoms with Crippen LogP contribution >= 0.6 is 27.5 Å². The van der Waals surface area contributed by atoms with Crippen molar-refractivity contribution < 1.29 is 5.11 Å². The van der Waals surface area contributed by atoms with Crippen molar-refractivity contribution in [2.75, 3.05) is 0 Å². The number of H-pyrrole nitrogens is 1. The number of benzene rings is 1. The standard InChI is InChI=1S/C9H7BrClNO/c10-9-6-2-1-5(11)3-7(6)12-8(9)4-13/h1-3,12-13H,4H2. The molecule has 0 bridgehead atoms. The summed E-state index contributed by atoms with van der Waals surface area (Å²) in [5.41, 5.74) is 1.71. The summed E-state index contributed by atoms with van der Waals surface area (Å²) in [6.07, 6.45) is 0. The molecule has 0 saturated carbocycles. The molecule has 2 nitrogen and oxygen atoms in total. The largest absolute Gasteiger partial charge is 0.390 e. The fourth-order valence-corrected chi connectivity index (χ4v) is 2.04. The van der Waals surface area contributed by atoms with Crippen molar-refractivity contribution in [3.05, 3.63) is 33.4 Å². The van der Waals surface area contributed by atoms with E-state index >= 15 is 0 Å². The highest BCUT2D eigenvalue weighted by Crippen LogP contribution is 2.29. The van der Waals surface area contributed by atoms with Crippen LogP contribution in [0.25, 0.3) is 10.9 Å². The minimum Gasteiger partial charge on any atom is -0.390 e. The average Bonchev–Trinajstić information content (AvgIpc) is 2.42. The average molecular weight is 261 g/mol. The zero-order valence-electron chi connectivity index (χ0n) is 6.64. The van der Waals surface area contributed by atoms with Crippen molar-refractivity contribution >= 4 is 38.4 Å². The van der Waals surface area contributed by atoms with E-state index in [1.165, 1.54) is 0 Å². The van der Waals surface area contributed by atoms with Gasteiger partial charge in [0.1, 0.15) is 0 Å². The molecule has 0 radical (unpaired) electrons. The monoisotopic (exact) mass is 259 g/mol. The molecule has 0 aliphatic carbocycles. The number of aliphatic hydroxyl groups excluding tert-OH is 1. The van der Waals surface area contributed by atoms with Crippen LogP contribution in [0.1, 0.15) is 5.69 Å². The molecule has 0 unspecified atom stereocenters. The van der Waals surface area contributed by atoms with E-state index in [-0.39, 0.29) is 6.61 Å². The minimum absolute atomic E-state index is 0.00706. The third kappa shape index (κ3) is 1.47. The molecule has 2 rings (SSSR count). The molecule has 0 amide bonds. The Hall–Kier alpha value is -0.510. The maximum absolute atomic E-state index is 8.99. The van der Waals surface area contributed by atoms with E-state index in [9.17, 15) is 0 Å². The number of nitrogens with one attached hydrogen (secondary N) is 1. The SMILES string of the molecule is OCc1[nH]c2cc(Cl)ccc2c1Br. The zero-order chi connectivity index (χ0) is 9.42. The van der Waals surface area contributed by atoms with Crippen molar-refractivity contribution in [2.24, 2.45) is 0 Å². The highest BCUT2D eigenvalue weighted by atomic mass is 79.9. The molecule has 68 valence electrons. The molecule has 13 heavy (non-hydrogen) atoms. The lowest BCUT2D eigenvalue weighted by atomic mass is 10.2. The van der Waals surface area contributed by atoms with Gasteiger partial charge in [-0.1, -0.05) is 17.7 Å². The van der Waals surface area contributed by atoms with Crippen LogP contribution in [0.2, 0.25) is 5.02 Å². The van der Waals surface area contributed by atoms with Crippen LogP contribution in [0.15, 0.2) is 22.7 Å². The predicted molar refractivity (Wildman–Crippen MR) is 56.9 cm³/mol. The van der Waals surface area contributed by atoms with Gasteiger partial charge in [-0.2, -0.15) is 0 Å². The molecular weight excluding hydrogens is 253 g/mol. The highest BCUT2D eigenvalue weighted by Gasteiger charge is 2.07. The summed E-state index contributed by atoms with van der Waals surface area (Å²) in [5.74, 6) is 0. The predicted octanol–water partition coefficient (Wildman–Crippen LogP) is 3.08. The van der Waals surface area contributed by atoms with Gasteiger partial charge >= 0.3 is 0 Å². The topological polar surface area (TPSA) is 36.0 Å². The van der Waals surface area contributed by atoms with Gasteiger partial charge in [0.05, 0.1) is 12.3 Å². The molecule has 0 atom stereocenters. The minimum atomic E-state index is -0.00706. The van der Waals surface area contributed by atoms with Gasteiger partial charge < -0.3 is 10.1 Å².